The molecule has 1 aromatic carbocycles. The normalized spacial score (nSPS) is 12.3. The molecule has 0 aliphatic rings. The van der Waals surface area contributed by atoms with Gasteiger partial charge in [-0.3, -0.25) is 4.79 Å². The quantitative estimate of drug-likeness (QED) is 0.692. The van der Waals surface area contributed by atoms with Crippen LogP contribution in [0.5, 0.6) is 5.75 Å². The number of para-hydroxylation sites is 2. The van der Waals surface area contributed by atoms with Crippen molar-refractivity contribution in [2.75, 3.05) is 11.9 Å². The Hall–Kier alpha value is -2.85. The lowest BCUT2D eigenvalue weighted by molar-refractivity contribution is -0.123. The highest BCUT2D eigenvalue weighted by Crippen LogP contribution is 2.24. The zero-order valence-corrected chi connectivity index (χ0v) is 14.9. The monoisotopic (exact) mass is 382 g/mol. The number of hydrogen-bond acceptors (Lipinski definition) is 7. The molecule has 1 unspecified atom stereocenters. The van der Waals surface area contributed by atoms with E-state index in [1.807, 2.05) is 6.92 Å². The van der Waals surface area contributed by atoms with Crippen LogP contribution < -0.4 is 15.2 Å². The molecular formula is C16H18N2O7S. The molecule has 26 heavy (non-hydrogen) atoms. The van der Waals surface area contributed by atoms with Gasteiger partial charge in [-0.2, -0.15) is 0 Å². The highest BCUT2D eigenvalue weighted by Gasteiger charge is 2.23. The molecule has 0 radical (unpaired) electrons. The van der Waals surface area contributed by atoms with Gasteiger partial charge in [0.1, 0.15) is 5.75 Å². The van der Waals surface area contributed by atoms with Crippen molar-refractivity contribution in [3.05, 3.63) is 42.2 Å². The zero-order valence-electron chi connectivity index (χ0n) is 14.1. The molecule has 2 rings (SSSR count). The average Bonchev–Trinajstić information content (AvgIpc) is 3.07. The molecule has 9 nitrogen and oxygen atoms in total. The van der Waals surface area contributed by atoms with Crippen molar-refractivity contribution in [2.45, 2.75) is 25.0 Å². The summed E-state index contributed by atoms with van der Waals surface area (Å²) in [6, 6.07) is 8.92. The SMILES string of the molecule is CCOc1ccccc1NC(=O)C(C)OC(=O)c1ccc(S(N)(=O)=O)o1. The summed E-state index contributed by atoms with van der Waals surface area (Å²) in [5, 5.41) is 6.91. The summed E-state index contributed by atoms with van der Waals surface area (Å²) in [7, 11) is -4.08. The molecule has 1 atom stereocenters. The fourth-order valence-corrected chi connectivity index (χ4v) is 2.40. The van der Waals surface area contributed by atoms with E-state index >= 15 is 0 Å². The molecule has 1 heterocycles. The van der Waals surface area contributed by atoms with Crippen LogP contribution in [0.3, 0.4) is 0 Å². The first-order valence-electron chi connectivity index (χ1n) is 7.58. The third-order valence-electron chi connectivity index (χ3n) is 3.16. The Kier molecular flexibility index (Phi) is 6.01. The predicted molar refractivity (Wildman–Crippen MR) is 91.2 cm³/mol. The predicted octanol–water partition coefficient (Wildman–Crippen LogP) is 1.51. The van der Waals surface area contributed by atoms with E-state index in [9.17, 15) is 18.0 Å². The van der Waals surface area contributed by atoms with Gasteiger partial charge in [0.15, 0.2) is 6.10 Å². The van der Waals surface area contributed by atoms with Crippen LogP contribution in [0.1, 0.15) is 24.4 Å². The van der Waals surface area contributed by atoms with Gasteiger partial charge in [0, 0.05) is 0 Å². The number of ether oxygens (including phenoxy) is 2. The number of benzene rings is 1. The third kappa shape index (κ3) is 4.83. The minimum Gasteiger partial charge on any atom is -0.492 e. The number of carbonyl (C=O) groups excluding carboxylic acids is 2. The number of rotatable bonds is 7. The lowest BCUT2D eigenvalue weighted by atomic mass is 10.2. The molecule has 140 valence electrons. The molecule has 1 amide bonds. The second-order valence-electron chi connectivity index (χ2n) is 5.13. The number of hydrogen-bond donors (Lipinski definition) is 2. The van der Waals surface area contributed by atoms with Crippen molar-refractivity contribution in [2.24, 2.45) is 5.14 Å². The lowest BCUT2D eigenvalue weighted by Crippen LogP contribution is -2.30. The largest absolute Gasteiger partial charge is 0.492 e. The van der Waals surface area contributed by atoms with Crippen LogP contribution in [-0.2, 0) is 19.6 Å². The summed E-state index contributed by atoms with van der Waals surface area (Å²) < 4.78 is 37.5. The van der Waals surface area contributed by atoms with E-state index in [1.165, 1.54) is 6.92 Å². The molecule has 0 saturated carbocycles. The van der Waals surface area contributed by atoms with E-state index in [1.54, 1.807) is 24.3 Å². The van der Waals surface area contributed by atoms with Gasteiger partial charge in [0.25, 0.3) is 15.9 Å². The Morgan fingerprint density at radius 2 is 1.92 bits per heavy atom. The maximum Gasteiger partial charge on any atom is 0.375 e. The molecule has 0 spiro atoms. The minimum absolute atomic E-state index is 0.386. The fourth-order valence-electron chi connectivity index (χ4n) is 1.94. The van der Waals surface area contributed by atoms with E-state index in [4.69, 9.17) is 19.0 Å². The summed E-state index contributed by atoms with van der Waals surface area (Å²) in [4.78, 5) is 24.2. The van der Waals surface area contributed by atoms with E-state index in [0.29, 0.717) is 18.0 Å². The second-order valence-corrected chi connectivity index (χ2v) is 6.62. The molecule has 3 N–H and O–H groups in total. The van der Waals surface area contributed by atoms with Crippen LogP contribution in [0.4, 0.5) is 5.69 Å². The topological polar surface area (TPSA) is 138 Å². The summed E-state index contributed by atoms with van der Waals surface area (Å²) in [6.07, 6.45) is -1.17. The molecular weight excluding hydrogens is 364 g/mol. The number of primary sulfonamides is 1. The summed E-state index contributed by atoms with van der Waals surface area (Å²) in [6.45, 7) is 3.59. The van der Waals surface area contributed by atoms with E-state index in [2.05, 4.69) is 5.32 Å². The first-order valence-corrected chi connectivity index (χ1v) is 9.13. The van der Waals surface area contributed by atoms with E-state index in [0.717, 1.165) is 12.1 Å². The first-order chi connectivity index (χ1) is 12.2. The van der Waals surface area contributed by atoms with Gasteiger partial charge in [0.05, 0.1) is 12.3 Å². The number of amides is 1. The van der Waals surface area contributed by atoms with Gasteiger partial charge in [-0.05, 0) is 38.1 Å². The van der Waals surface area contributed by atoms with Gasteiger partial charge < -0.3 is 19.2 Å². The Bertz CT molecular complexity index is 905. The molecule has 0 bridgehead atoms. The van der Waals surface area contributed by atoms with Gasteiger partial charge in [-0.25, -0.2) is 18.4 Å². The smallest absolute Gasteiger partial charge is 0.375 e. The maximum atomic E-state index is 12.2. The van der Waals surface area contributed by atoms with E-state index < -0.39 is 33.1 Å². The van der Waals surface area contributed by atoms with E-state index in [-0.39, 0.29) is 5.76 Å². The molecule has 0 aliphatic heterocycles. The van der Waals surface area contributed by atoms with Crippen molar-refractivity contribution in [1.29, 1.82) is 0 Å². The van der Waals surface area contributed by atoms with Gasteiger partial charge in [-0.15, -0.1) is 0 Å². The lowest BCUT2D eigenvalue weighted by Gasteiger charge is -2.15. The van der Waals surface area contributed by atoms with Crippen LogP contribution in [0.2, 0.25) is 0 Å². The van der Waals surface area contributed by atoms with Crippen molar-refractivity contribution in [1.82, 2.24) is 0 Å². The zero-order chi connectivity index (χ0) is 19.3. The van der Waals surface area contributed by atoms with Crippen LogP contribution in [0.15, 0.2) is 45.9 Å². The number of nitrogens with one attached hydrogen (secondary N) is 1. The van der Waals surface area contributed by atoms with Crippen molar-refractivity contribution in [3.63, 3.8) is 0 Å². The Balaban J connectivity index is 2.03. The number of nitrogens with two attached hydrogens (primary N) is 1. The van der Waals surface area contributed by atoms with Crippen molar-refractivity contribution >= 4 is 27.6 Å². The number of anilines is 1. The standard InChI is InChI=1S/C16H18N2O7S/c1-3-23-12-7-5-4-6-11(12)18-15(19)10(2)24-16(20)13-8-9-14(25-13)26(17,21)22/h4-10H,3H2,1-2H3,(H,18,19)(H2,17,21,22). The van der Waals surface area contributed by atoms with Crippen LogP contribution >= 0.6 is 0 Å². The molecule has 0 aliphatic carbocycles. The number of furan rings is 1. The number of carbonyl (C=O) groups is 2. The summed E-state index contributed by atoms with van der Waals surface area (Å²) in [5.74, 6) is -1.50. The molecule has 0 fully saturated rings. The molecule has 0 saturated heterocycles. The van der Waals surface area contributed by atoms with Crippen molar-refractivity contribution in [3.8, 4) is 5.75 Å². The highest BCUT2D eigenvalue weighted by atomic mass is 32.2. The Morgan fingerprint density at radius 1 is 1.23 bits per heavy atom. The highest BCUT2D eigenvalue weighted by molar-refractivity contribution is 7.89. The molecule has 10 heteroatoms. The summed E-state index contributed by atoms with van der Waals surface area (Å²) in [5.41, 5.74) is 0.428. The van der Waals surface area contributed by atoms with Crippen molar-refractivity contribution < 1.29 is 31.9 Å². The van der Waals surface area contributed by atoms with Gasteiger partial charge in [-0.1, -0.05) is 12.1 Å². The average molecular weight is 382 g/mol. The maximum absolute atomic E-state index is 12.2. The van der Waals surface area contributed by atoms with Crippen LogP contribution in [0.25, 0.3) is 0 Å². The number of esters is 1. The summed E-state index contributed by atoms with van der Waals surface area (Å²) >= 11 is 0. The number of sulfonamides is 1. The third-order valence-corrected chi connectivity index (χ3v) is 3.94. The Labute approximate surface area is 150 Å². The molecule has 2 aromatic rings. The molecule has 1 aromatic heterocycles. The van der Waals surface area contributed by atoms with Crippen LogP contribution in [-0.4, -0.2) is 33.0 Å². The minimum atomic E-state index is -4.08. The fraction of sp³-hybridized carbons (Fsp3) is 0.250. The van der Waals surface area contributed by atoms with Crippen LogP contribution in [0, 0.1) is 0 Å². The second kappa shape index (κ2) is 8.02. The van der Waals surface area contributed by atoms with Gasteiger partial charge in [0.2, 0.25) is 10.9 Å². The van der Waals surface area contributed by atoms with Gasteiger partial charge >= 0.3 is 5.97 Å². The first kappa shape index (κ1) is 19.5. The Morgan fingerprint density at radius 3 is 2.54 bits per heavy atom.